The Bertz CT molecular complexity index is 896. The molecule has 0 aliphatic carbocycles. The number of aliphatic hydroxyl groups is 6. The van der Waals surface area contributed by atoms with Gasteiger partial charge in [0.1, 0.15) is 0 Å². The third-order valence-corrected chi connectivity index (χ3v) is 4.07. The first-order valence-electron chi connectivity index (χ1n) is 12.7. The van der Waals surface area contributed by atoms with Gasteiger partial charge in [-0.3, -0.25) is 0 Å². The van der Waals surface area contributed by atoms with Crippen LogP contribution < -0.4 is 0 Å². The molecule has 0 atom stereocenters. The molecule has 13 N–H and O–H groups in total. The maximum Gasteiger partial charge on any atom is 0.328 e. The van der Waals surface area contributed by atoms with Crippen molar-refractivity contribution >= 4 is 41.8 Å². The van der Waals surface area contributed by atoms with Crippen LogP contribution in [0.5, 0.6) is 0 Å². The molecule has 21 nitrogen and oxygen atoms in total. The Kier molecular flexibility index (Phi) is 49.6. The molecule has 0 radical (unpaired) electrons. The van der Waals surface area contributed by atoms with Crippen molar-refractivity contribution in [2.24, 2.45) is 10.8 Å². The molecule has 21 heteroatoms. The summed E-state index contributed by atoms with van der Waals surface area (Å²) in [5.41, 5.74) is -2.32. The number of ether oxygens (including phenoxy) is 1. The van der Waals surface area contributed by atoms with Crippen molar-refractivity contribution in [1.82, 2.24) is 0 Å². The second-order valence-corrected chi connectivity index (χ2v) is 8.16. The van der Waals surface area contributed by atoms with E-state index < -0.39 is 92.3 Å². The third-order valence-electron chi connectivity index (χ3n) is 4.07. The Morgan fingerprint density at radius 2 is 0.520 bits per heavy atom. The van der Waals surface area contributed by atoms with Crippen LogP contribution in [0.4, 0.5) is 0 Å². The highest BCUT2D eigenvalue weighted by Crippen LogP contribution is 2.19. The van der Waals surface area contributed by atoms with E-state index in [0.29, 0.717) is 12.2 Å². The first-order valence-corrected chi connectivity index (χ1v) is 12.7. The standard InChI is InChI=1S/C10H22O7.C4H4O4.5C3H4O2/c11-1-9(2-12,3-13)7-17-8-10(4-14,5-15)6-16;5-3(6)1-2-4(7)8;5*1-2-3(4)5/h11-16H,1-8H2;1-2H,(H,5,6)(H,7,8);5*2H,1H2,(H,4,5). The lowest BCUT2D eigenvalue weighted by Gasteiger charge is -2.31. The quantitative estimate of drug-likeness (QED) is 0.0714. The van der Waals surface area contributed by atoms with E-state index in [4.69, 9.17) is 71.1 Å². The number of hydrogen-bond acceptors (Lipinski definition) is 14. The summed E-state index contributed by atoms with van der Waals surface area (Å²) in [5.74, 6) is -7.42. The molecule has 0 aromatic carbocycles. The number of aliphatic carboxylic acids is 7. The van der Waals surface area contributed by atoms with Crippen LogP contribution in [0.3, 0.4) is 0 Å². The predicted molar refractivity (Wildman–Crippen MR) is 172 cm³/mol. The van der Waals surface area contributed by atoms with E-state index in [9.17, 15) is 33.6 Å². The monoisotopic (exact) mass is 730 g/mol. The first-order chi connectivity index (χ1) is 23.0. The average molecular weight is 731 g/mol. The minimum atomic E-state index is -1.26. The van der Waals surface area contributed by atoms with Crippen molar-refractivity contribution in [2.75, 3.05) is 52.9 Å². The summed E-state index contributed by atoms with van der Waals surface area (Å²) in [4.78, 5) is 65.4. The molecule has 0 fully saturated rings. The molecule has 0 bridgehead atoms. The molecule has 0 aliphatic heterocycles. The van der Waals surface area contributed by atoms with Gasteiger partial charge in [-0.1, -0.05) is 32.9 Å². The van der Waals surface area contributed by atoms with Crippen molar-refractivity contribution in [3.05, 3.63) is 75.4 Å². The van der Waals surface area contributed by atoms with Gasteiger partial charge in [0.05, 0.1) is 63.7 Å². The smallest absolute Gasteiger partial charge is 0.328 e. The van der Waals surface area contributed by atoms with Crippen LogP contribution in [0.2, 0.25) is 0 Å². The number of rotatable bonds is 17. The van der Waals surface area contributed by atoms with Crippen LogP contribution in [0.25, 0.3) is 0 Å². The molecule has 0 saturated heterocycles. The topological polar surface area (TPSA) is 392 Å². The van der Waals surface area contributed by atoms with Crippen LogP contribution in [-0.4, -0.2) is 161 Å². The van der Waals surface area contributed by atoms with Crippen molar-refractivity contribution < 1.29 is 105 Å². The lowest BCUT2D eigenvalue weighted by atomic mass is 9.91. The molecule has 0 saturated carbocycles. The Morgan fingerprint density at radius 3 is 0.600 bits per heavy atom. The van der Waals surface area contributed by atoms with Gasteiger partial charge in [0.2, 0.25) is 0 Å². The second-order valence-electron chi connectivity index (χ2n) is 8.16. The molecule has 0 unspecified atom stereocenters. The van der Waals surface area contributed by atoms with Gasteiger partial charge < -0.3 is 71.1 Å². The Labute approximate surface area is 285 Å². The van der Waals surface area contributed by atoms with Gasteiger partial charge in [0.25, 0.3) is 0 Å². The van der Waals surface area contributed by atoms with Crippen LogP contribution in [0.1, 0.15) is 0 Å². The summed E-state index contributed by atoms with van der Waals surface area (Å²) in [5, 5.41) is 108. The molecule has 50 heavy (non-hydrogen) atoms. The van der Waals surface area contributed by atoms with Gasteiger partial charge in [-0.2, -0.15) is 0 Å². The van der Waals surface area contributed by atoms with Crippen LogP contribution in [-0.2, 0) is 38.3 Å². The number of hydrogen-bond donors (Lipinski definition) is 13. The van der Waals surface area contributed by atoms with E-state index in [0.717, 1.165) is 30.4 Å². The van der Waals surface area contributed by atoms with E-state index >= 15 is 0 Å². The van der Waals surface area contributed by atoms with E-state index in [-0.39, 0.29) is 13.2 Å². The van der Waals surface area contributed by atoms with E-state index in [2.05, 4.69) is 32.9 Å². The Balaban J connectivity index is -0.0000000943. The molecule has 0 heterocycles. The lowest BCUT2D eigenvalue weighted by Crippen LogP contribution is -2.43. The summed E-state index contributed by atoms with van der Waals surface area (Å²) in [7, 11) is 0. The summed E-state index contributed by atoms with van der Waals surface area (Å²) < 4.78 is 5.15. The number of carboxylic acid groups (broad SMARTS) is 7. The molecule has 0 aromatic rings. The predicted octanol–water partition coefficient (Wildman–Crippen LogP) is -2.07. The summed E-state index contributed by atoms with van der Waals surface area (Å²) >= 11 is 0. The van der Waals surface area contributed by atoms with Gasteiger partial charge in [0.15, 0.2) is 0 Å². The molecule has 0 rings (SSSR count). The zero-order chi connectivity index (χ0) is 41.4. The Hall–Kier alpha value is -5.55. The van der Waals surface area contributed by atoms with Gasteiger partial charge in [-0.25, -0.2) is 33.6 Å². The fraction of sp³-hybridized carbons (Fsp3) is 0.345. The normalized spacial score (nSPS) is 9.16. The summed E-state index contributed by atoms with van der Waals surface area (Å²) in [6.45, 7) is 11.8. The molecule has 0 aromatic heterocycles. The van der Waals surface area contributed by atoms with Crippen molar-refractivity contribution in [1.29, 1.82) is 0 Å². The molecule has 0 amide bonds. The molecule has 0 aliphatic rings. The summed E-state index contributed by atoms with van der Waals surface area (Å²) in [6, 6.07) is 0. The first kappa shape index (κ1) is 59.8. The molecular formula is C29H46O21. The maximum atomic E-state index is 9.55. The van der Waals surface area contributed by atoms with Crippen LogP contribution >= 0.6 is 0 Å². The molecule has 288 valence electrons. The largest absolute Gasteiger partial charge is 0.478 e. The maximum absolute atomic E-state index is 9.55. The lowest BCUT2D eigenvalue weighted by molar-refractivity contribution is -0.134. The number of carbonyl (C=O) groups is 7. The minimum Gasteiger partial charge on any atom is -0.478 e. The number of aliphatic hydroxyl groups excluding tert-OH is 6. The second kappa shape index (κ2) is 41.5. The SMILES string of the molecule is C=CC(=O)O.C=CC(=O)O.C=CC(=O)O.C=CC(=O)O.C=CC(=O)O.O=C(O)C=CC(=O)O.OCC(CO)(CO)COCC(CO)(CO)CO. The highest BCUT2D eigenvalue weighted by Gasteiger charge is 2.32. The molecule has 0 spiro atoms. The van der Waals surface area contributed by atoms with Gasteiger partial charge in [0, 0.05) is 42.5 Å². The fourth-order valence-corrected chi connectivity index (χ4v) is 1.20. The van der Waals surface area contributed by atoms with Crippen molar-refractivity contribution in [3.8, 4) is 0 Å². The van der Waals surface area contributed by atoms with Crippen molar-refractivity contribution in [2.45, 2.75) is 0 Å². The van der Waals surface area contributed by atoms with Crippen molar-refractivity contribution in [3.63, 3.8) is 0 Å². The minimum absolute atomic E-state index is 0.141. The third kappa shape index (κ3) is 58.0. The van der Waals surface area contributed by atoms with Gasteiger partial charge in [-0.15, -0.1) is 0 Å². The van der Waals surface area contributed by atoms with Gasteiger partial charge >= 0.3 is 41.8 Å². The van der Waals surface area contributed by atoms with E-state index in [1.54, 1.807) is 0 Å². The van der Waals surface area contributed by atoms with E-state index in [1.807, 2.05) is 0 Å². The van der Waals surface area contributed by atoms with Crippen LogP contribution in [0.15, 0.2) is 75.4 Å². The molecular weight excluding hydrogens is 684 g/mol. The Morgan fingerprint density at radius 1 is 0.380 bits per heavy atom. The highest BCUT2D eigenvalue weighted by atomic mass is 16.5. The van der Waals surface area contributed by atoms with E-state index in [1.165, 1.54) is 0 Å². The number of carboxylic acids is 7. The fourth-order valence-electron chi connectivity index (χ4n) is 1.20. The zero-order valence-electron chi connectivity index (χ0n) is 26.8. The summed E-state index contributed by atoms with van der Waals surface area (Å²) in [6.07, 6.45) is 5.28. The van der Waals surface area contributed by atoms with Gasteiger partial charge in [-0.05, 0) is 0 Å². The highest BCUT2D eigenvalue weighted by molar-refractivity contribution is 5.89. The zero-order valence-corrected chi connectivity index (χ0v) is 26.8. The average Bonchev–Trinajstić information content (AvgIpc) is 3.09. The van der Waals surface area contributed by atoms with Crippen LogP contribution in [0, 0.1) is 10.8 Å².